The minimum absolute atomic E-state index is 0.0208. The summed E-state index contributed by atoms with van der Waals surface area (Å²) in [5.74, 6) is -0.446. The molecule has 0 bridgehead atoms. The second-order valence-electron chi connectivity index (χ2n) is 13.4. The number of ether oxygens (including phenoxy) is 2. The average Bonchev–Trinajstić information content (AvgIpc) is 3.72. The van der Waals surface area contributed by atoms with Crippen LogP contribution in [0.1, 0.15) is 47.7 Å². The molecular formula is C36H43N3O7Si. The SMILES string of the molecule is COc1ccc2c(c1)[C@]1(O[C@@H](CC(=O)N3CCC[C@H]3CO)[C@H]([Si](C)(C)O)[C@H]1C)C(=O)N2Cc1ccc(NC(=O)c2ccccc2)cc1. The van der Waals surface area contributed by atoms with Gasteiger partial charge < -0.3 is 34.5 Å². The van der Waals surface area contributed by atoms with E-state index < -0.39 is 31.5 Å². The molecule has 5 atom stereocenters. The van der Waals surface area contributed by atoms with Crippen molar-refractivity contribution in [3.05, 3.63) is 89.5 Å². The molecule has 248 valence electrons. The van der Waals surface area contributed by atoms with E-state index in [2.05, 4.69) is 5.32 Å². The monoisotopic (exact) mass is 657 g/mol. The number of likely N-dealkylation sites (tertiary alicyclic amines) is 1. The number of nitrogens with zero attached hydrogens (tertiary/aromatic N) is 2. The van der Waals surface area contributed by atoms with Crippen LogP contribution in [0.15, 0.2) is 72.8 Å². The van der Waals surface area contributed by atoms with Crippen molar-refractivity contribution in [2.75, 3.05) is 30.5 Å². The number of hydrogen-bond acceptors (Lipinski definition) is 7. The number of aliphatic hydroxyl groups is 1. The molecule has 3 aliphatic rings. The zero-order valence-electron chi connectivity index (χ0n) is 27.3. The topological polar surface area (TPSA) is 129 Å². The van der Waals surface area contributed by atoms with E-state index >= 15 is 0 Å². The minimum atomic E-state index is -2.97. The summed E-state index contributed by atoms with van der Waals surface area (Å²) in [5.41, 5.74) is 1.57. The highest BCUT2D eigenvalue weighted by Crippen LogP contribution is 2.60. The van der Waals surface area contributed by atoms with E-state index in [0.717, 1.165) is 18.4 Å². The van der Waals surface area contributed by atoms with Gasteiger partial charge in [0.2, 0.25) is 5.91 Å². The quantitative estimate of drug-likeness (QED) is 0.286. The molecule has 3 amide bonds. The molecule has 47 heavy (non-hydrogen) atoms. The lowest BCUT2D eigenvalue weighted by atomic mass is 9.82. The van der Waals surface area contributed by atoms with Crippen molar-refractivity contribution in [2.24, 2.45) is 5.92 Å². The van der Waals surface area contributed by atoms with Crippen molar-refractivity contribution >= 4 is 37.4 Å². The number of methoxy groups -OCH3 is 1. The van der Waals surface area contributed by atoms with Gasteiger partial charge in [0, 0.05) is 34.8 Å². The molecular weight excluding hydrogens is 614 g/mol. The number of carbonyl (C=O) groups is 3. The molecule has 11 heteroatoms. The molecule has 1 spiro atoms. The van der Waals surface area contributed by atoms with Crippen LogP contribution in [0.25, 0.3) is 0 Å². The summed E-state index contributed by atoms with van der Waals surface area (Å²) >= 11 is 0. The van der Waals surface area contributed by atoms with E-state index in [9.17, 15) is 24.3 Å². The van der Waals surface area contributed by atoms with Gasteiger partial charge in [-0.1, -0.05) is 37.3 Å². The smallest absolute Gasteiger partial charge is 0.264 e. The van der Waals surface area contributed by atoms with Crippen LogP contribution < -0.4 is 15.0 Å². The third-order valence-corrected chi connectivity index (χ3v) is 12.6. The van der Waals surface area contributed by atoms with E-state index in [1.807, 2.05) is 80.7 Å². The van der Waals surface area contributed by atoms with Gasteiger partial charge in [0.15, 0.2) is 13.9 Å². The van der Waals surface area contributed by atoms with Gasteiger partial charge in [0.1, 0.15) is 5.75 Å². The number of nitrogens with one attached hydrogen (secondary N) is 1. The third kappa shape index (κ3) is 5.97. The number of rotatable bonds is 9. The molecule has 3 heterocycles. The van der Waals surface area contributed by atoms with E-state index in [4.69, 9.17) is 9.47 Å². The van der Waals surface area contributed by atoms with Crippen molar-refractivity contribution in [1.29, 1.82) is 0 Å². The van der Waals surface area contributed by atoms with Crippen molar-refractivity contribution in [1.82, 2.24) is 4.90 Å². The largest absolute Gasteiger partial charge is 0.497 e. The van der Waals surface area contributed by atoms with Crippen LogP contribution in [-0.2, 0) is 26.5 Å². The Kier molecular flexibility index (Phi) is 9.01. The first-order chi connectivity index (χ1) is 22.5. The van der Waals surface area contributed by atoms with Crippen LogP contribution >= 0.6 is 0 Å². The lowest BCUT2D eigenvalue weighted by Crippen LogP contribution is -2.46. The molecule has 3 aromatic rings. The van der Waals surface area contributed by atoms with E-state index in [1.54, 1.807) is 29.0 Å². The number of aliphatic hydroxyl groups excluding tert-OH is 1. The van der Waals surface area contributed by atoms with E-state index in [1.165, 1.54) is 0 Å². The summed E-state index contributed by atoms with van der Waals surface area (Å²) in [6.07, 6.45) is 0.916. The Labute approximate surface area is 276 Å². The molecule has 3 aliphatic heterocycles. The van der Waals surface area contributed by atoms with Crippen LogP contribution in [0, 0.1) is 5.92 Å². The maximum atomic E-state index is 14.7. The van der Waals surface area contributed by atoms with Crippen LogP contribution in [0.4, 0.5) is 11.4 Å². The van der Waals surface area contributed by atoms with Gasteiger partial charge >= 0.3 is 0 Å². The highest BCUT2D eigenvalue weighted by atomic mass is 28.4. The van der Waals surface area contributed by atoms with Gasteiger partial charge in [-0.05, 0) is 74.0 Å². The summed E-state index contributed by atoms with van der Waals surface area (Å²) in [5, 5.41) is 12.8. The maximum absolute atomic E-state index is 14.7. The number of carbonyl (C=O) groups excluding carboxylic acids is 3. The predicted octanol–water partition coefficient (Wildman–Crippen LogP) is 4.67. The fraction of sp³-hybridized carbons (Fsp3) is 0.417. The van der Waals surface area contributed by atoms with Crippen LogP contribution in [0.2, 0.25) is 18.6 Å². The first kappa shape index (κ1) is 32.9. The highest BCUT2D eigenvalue weighted by Gasteiger charge is 2.66. The fourth-order valence-corrected chi connectivity index (χ4v) is 10.4. The van der Waals surface area contributed by atoms with Crippen molar-refractivity contribution < 1.29 is 33.8 Å². The molecule has 10 nitrogen and oxygen atoms in total. The number of benzene rings is 3. The van der Waals surface area contributed by atoms with Gasteiger partial charge in [-0.25, -0.2) is 0 Å². The molecule has 6 rings (SSSR count). The standard InChI is InChI=1S/C36H43N3O7Si/c1-23-33(47(3,4)44)31(20-32(41)38-18-8-11-27(38)22-40)46-36(23)29-19-28(45-2)16-17-30(29)39(35(36)43)21-24-12-14-26(15-13-24)37-34(42)25-9-6-5-7-10-25/h5-7,9-10,12-17,19,23,27,31,33,40,44H,8,11,18,20-22H2,1-4H3,(H,37,42)/t23-,27+,31+,33-,36+/m1/s1. The average molecular weight is 658 g/mol. The number of amides is 3. The van der Waals surface area contributed by atoms with Crippen LogP contribution in [-0.4, -0.2) is 73.2 Å². The molecule has 3 aromatic carbocycles. The summed E-state index contributed by atoms with van der Waals surface area (Å²) < 4.78 is 12.4. The second-order valence-corrected chi connectivity index (χ2v) is 17.4. The van der Waals surface area contributed by atoms with Crippen molar-refractivity contribution in [2.45, 2.75) is 69.1 Å². The predicted molar refractivity (Wildman–Crippen MR) is 181 cm³/mol. The molecule has 2 saturated heterocycles. The molecule has 3 N–H and O–H groups in total. The summed E-state index contributed by atoms with van der Waals surface area (Å²) in [6, 6.07) is 21.6. The first-order valence-corrected chi connectivity index (χ1v) is 19.3. The number of hydrogen-bond donors (Lipinski definition) is 3. The van der Waals surface area contributed by atoms with Crippen molar-refractivity contribution in [3.63, 3.8) is 0 Å². The van der Waals surface area contributed by atoms with Gasteiger partial charge in [0.25, 0.3) is 11.8 Å². The van der Waals surface area contributed by atoms with Crippen LogP contribution in [0.5, 0.6) is 5.75 Å². The Bertz CT molecular complexity index is 1640. The summed E-state index contributed by atoms with van der Waals surface area (Å²) in [4.78, 5) is 56.0. The first-order valence-electron chi connectivity index (χ1n) is 16.2. The van der Waals surface area contributed by atoms with E-state index in [-0.39, 0.29) is 43.3 Å². The second kappa shape index (κ2) is 12.9. The molecule has 2 fully saturated rings. The maximum Gasteiger partial charge on any atom is 0.264 e. The van der Waals surface area contributed by atoms with Gasteiger partial charge in [-0.3, -0.25) is 14.4 Å². The summed E-state index contributed by atoms with van der Waals surface area (Å²) in [7, 11) is -1.40. The zero-order chi connectivity index (χ0) is 33.5. The van der Waals surface area contributed by atoms with Gasteiger partial charge in [-0.15, -0.1) is 0 Å². The van der Waals surface area contributed by atoms with Gasteiger partial charge in [0.05, 0.1) is 44.5 Å². The third-order valence-electron chi connectivity index (χ3n) is 10.1. The molecule has 0 aromatic heterocycles. The molecule has 0 unspecified atom stereocenters. The van der Waals surface area contributed by atoms with Crippen molar-refractivity contribution in [3.8, 4) is 5.75 Å². The Morgan fingerprint density at radius 3 is 2.47 bits per heavy atom. The normalized spacial score (nSPS) is 25.4. The number of anilines is 2. The van der Waals surface area contributed by atoms with E-state index in [0.29, 0.717) is 34.8 Å². The molecule has 0 saturated carbocycles. The Morgan fingerprint density at radius 1 is 1.09 bits per heavy atom. The zero-order valence-corrected chi connectivity index (χ0v) is 28.3. The van der Waals surface area contributed by atoms with Gasteiger partial charge in [-0.2, -0.15) is 0 Å². The summed E-state index contributed by atoms with van der Waals surface area (Å²) in [6.45, 7) is 6.35. The lowest BCUT2D eigenvalue weighted by molar-refractivity contribution is -0.150. The lowest BCUT2D eigenvalue weighted by Gasteiger charge is -2.32. The van der Waals surface area contributed by atoms with Crippen LogP contribution in [0.3, 0.4) is 0 Å². The fourth-order valence-electron chi connectivity index (χ4n) is 7.85. The Balaban J connectivity index is 1.30. The minimum Gasteiger partial charge on any atom is -0.497 e. The molecule has 0 aliphatic carbocycles. The Hall–Kier alpha value is -4.03. The molecule has 0 radical (unpaired) electrons. The Morgan fingerprint density at radius 2 is 1.81 bits per heavy atom. The highest BCUT2D eigenvalue weighted by molar-refractivity contribution is 6.71. The number of fused-ring (bicyclic) bond motifs is 2.